The summed E-state index contributed by atoms with van der Waals surface area (Å²) in [5.74, 6) is 2.01. The summed E-state index contributed by atoms with van der Waals surface area (Å²) in [6.07, 6.45) is 6.03. The highest BCUT2D eigenvalue weighted by Crippen LogP contribution is 2.40. The Balaban J connectivity index is 1.73. The molecule has 1 aliphatic carbocycles. The number of ether oxygens (including phenoxy) is 1. The molecule has 1 fully saturated rings. The molecule has 1 aliphatic heterocycles. The summed E-state index contributed by atoms with van der Waals surface area (Å²) in [5, 5.41) is 0.849. The largest absolute Gasteiger partial charge is 0.493 e. The lowest BCUT2D eigenvalue weighted by Crippen LogP contribution is -2.03. The molecule has 1 unspecified atom stereocenters. The minimum absolute atomic E-state index is 0.665. The molecule has 1 heterocycles. The number of hydrogen-bond acceptors (Lipinski definition) is 1. The third kappa shape index (κ3) is 2.63. The molecule has 0 bridgehead atoms. The first-order chi connectivity index (χ1) is 8.24. The van der Waals surface area contributed by atoms with E-state index in [0.717, 1.165) is 36.1 Å². The minimum Gasteiger partial charge on any atom is -0.493 e. The molecule has 3 rings (SSSR count). The molecule has 3 heteroatoms. The maximum absolute atomic E-state index is 6.15. The van der Waals surface area contributed by atoms with E-state index in [1.165, 1.54) is 30.4 Å². The van der Waals surface area contributed by atoms with Crippen molar-refractivity contribution in [2.24, 2.45) is 5.92 Å². The third-order valence-corrected chi connectivity index (χ3v) is 5.07. The Labute approximate surface area is 116 Å². The summed E-state index contributed by atoms with van der Waals surface area (Å²) in [6.45, 7) is 0.809. The van der Waals surface area contributed by atoms with Gasteiger partial charge in [-0.2, -0.15) is 0 Å². The fraction of sp³-hybridized carbons (Fsp3) is 0.571. The van der Waals surface area contributed by atoms with Crippen molar-refractivity contribution in [2.75, 3.05) is 6.61 Å². The minimum atomic E-state index is 0.665. The molecule has 0 spiro atoms. The molecule has 1 aromatic rings. The molecule has 17 heavy (non-hydrogen) atoms. The van der Waals surface area contributed by atoms with Crippen molar-refractivity contribution in [1.29, 1.82) is 0 Å². The van der Waals surface area contributed by atoms with Gasteiger partial charge in [-0.15, -0.1) is 0 Å². The summed E-state index contributed by atoms with van der Waals surface area (Å²) >= 11 is 9.94. The second-order valence-corrected chi connectivity index (χ2v) is 6.66. The van der Waals surface area contributed by atoms with Gasteiger partial charge in [-0.1, -0.05) is 27.5 Å². The van der Waals surface area contributed by atoms with Crippen LogP contribution in [0.1, 0.15) is 30.4 Å². The molecular weight excluding hydrogens is 300 g/mol. The van der Waals surface area contributed by atoms with Crippen LogP contribution in [0.2, 0.25) is 5.02 Å². The Bertz CT molecular complexity index is 428. The first-order valence-corrected chi connectivity index (χ1v) is 7.61. The quantitative estimate of drug-likeness (QED) is 0.749. The van der Waals surface area contributed by atoms with E-state index in [1.54, 1.807) is 0 Å². The van der Waals surface area contributed by atoms with Crippen LogP contribution in [0.5, 0.6) is 5.75 Å². The second kappa shape index (κ2) is 4.81. The van der Waals surface area contributed by atoms with Crippen molar-refractivity contribution in [3.05, 3.63) is 28.3 Å². The Morgan fingerprint density at radius 1 is 1.41 bits per heavy atom. The van der Waals surface area contributed by atoms with Gasteiger partial charge in [-0.05, 0) is 54.9 Å². The van der Waals surface area contributed by atoms with Gasteiger partial charge in [0.2, 0.25) is 0 Å². The molecule has 2 aliphatic rings. The van der Waals surface area contributed by atoms with Gasteiger partial charge in [0.1, 0.15) is 5.75 Å². The smallest absolute Gasteiger partial charge is 0.125 e. The average Bonchev–Trinajstić information content (AvgIpc) is 3.05. The zero-order valence-corrected chi connectivity index (χ0v) is 12.1. The summed E-state index contributed by atoms with van der Waals surface area (Å²) in [6, 6.07) is 4.11. The molecule has 1 atom stereocenters. The van der Waals surface area contributed by atoms with E-state index in [4.69, 9.17) is 16.3 Å². The Morgan fingerprint density at radius 2 is 2.24 bits per heavy atom. The predicted molar refractivity (Wildman–Crippen MR) is 74.4 cm³/mol. The molecule has 0 amide bonds. The van der Waals surface area contributed by atoms with E-state index in [9.17, 15) is 0 Å². The molecule has 1 saturated carbocycles. The van der Waals surface area contributed by atoms with Crippen LogP contribution < -0.4 is 4.74 Å². The molecule has 92 valence electrons. The number of halogens is 2. The van der Waals surface area contributed by atoms with Crippen LogP contribution >= 0.6 is 27.5 Å². The van der Waals surface area contributed by atoms with Crippen LogP contribution in [0.3, 0.4) is 0 Å². The molecule has 0 radical (unpaired) electrons. The highest BCUT2D eigenvalue weighted by Gasteiger charge is 2.29. The van der Waals surface area contributed by atoms with Crippen LogP contribution in [-0.2, 0) is 12.8 Å². The normalized spacial score (nSPS) is 19.9. The van der Waals surface area contributed by atoms with E-state index in [0.29, 0.717) is 4.83 Å². The van der Waals surface area contributed by atoms with Gasteiger partial charge < -0.3 is 4.74 Å². The highest BCUT2D eigenvalue weighted by molar-refractivity contribution is 9.09. The van der Waals surface area contributed by atoms with Gasteiger partial charge in [0.05, 0.1) is 6.61 Å². The third-order valence-electron chi connectivity index (χ3n) is 3.65. The van der Waals surface area contributed by atoms with Gasteiger partial charge in [0.15, 0.2) is 0 Å². The van der Waals surface area contributed by atoms with Crippen molar-refractivity contribution in [3.63, 3.8) is 0 Å². The molecule has 1 aromatic carbocycles. The van der Waals surface area contributed by atoms with Crippen molar-refractivity contribution < 1.29 is 4.74 Å². The predicted octanol–water partition coefficient (Wildman–Crippen LogP) is 4.38. The molecule has 1 nitrogen and oxygen atoms in total. The Hall–Kier alpha value is -0.210. The number of alkyl halides is 1. The van der Waals surface area contributed by atoms with Crippen molar-refractivity contribution in [1.82, 2.24) is 0 Å². The lowest BCUT2D eigenvalue weighted by Gasteiger charge is -2.11. The maximum Gasteiger partial charge on any atom is 0.125 e. The van der Waals surface area contributed by atoms with Crippen LogP contribution in [0.25, 0.3) is 0 Å². The van der Waals surface area contributed by atoms with Crippen LogP contribution in [-0.4, -0.2) is 11.4 Å². The summed E-state index contributed by atoms with van der Waals surface area (Å²) in [4.78, 5) is 0.665. The SMILES string of the molecule is Clc1cc2c(c(CCC(Br)C3CC3)c1)OCC2. The highest BCUT2D eigenvalue weighted by atomic mass is 79.9. The molecule has 0 N–H and O–H groups in total. The fourth-order valence-electron chi connectivity index (χ4n) is 2.52. The van der Waals surface area contributed by atoms with E-state index >= 15 is 0 Å². The summed E-state index contributed by atoms with van der Waals surface area (Å²) in [5.41, 5.74) is 2.57. The zero-order chi connectivity index (χ0) is 11.8. The van der Waals surface area contributed by atoms with Gasteiger partial charge in [-0.25, -0.2) is 0 Å². The Morgan fingerprint density at radius 3 is 3.00 bits per heavy atom. The lowest BCUT2D eigenvalue weighted by molar-refractivity contribution is 0.353. The van der Waals surface area contributed by atoms with Crippen molar-refractivity contribution in [3.8, 4) is 5.75 Å². The number of aryl methyl sites for hydroxylation is 1. The molecular formula is C14H16BrClO. The van der Waals surface area contributed by atoms with Gasteiger partial charge >= 0.3 is 0 Å². The molecule has 0 saturated heterocycles. The first kappa shape index (κ1) is 11.9. The number of fused-ring (bicyclic) bond motifs is 1. The van der Waals surface area contributed by atoms with Crippen LogP contribution in [0, 0.1) is 5.92 Å². The van der Waals surface area contributed by atoms with Crippen molar-refractivity contribution >= 4 is 27.5 Å². The number of benzene rings is 1. The van der Waals surface area contributed by atoms with Gasteiger partial charge in [-0.3, -0.25) is 0 Å². The van der Waals surface area contributed by atoms with E-state index in [2.05, 4.69) is 22.0 Å². The standard InChI is InChI=1S/C14H16BrClO/c15-13(9-1-2-9)4-3-10-7-12(16)8-11-5-6-17-14(10)11/h7-9,13H,1-6H2. The molecule has 0 aromatic heterocycles. The monoisotopic (exact) mass is 314 g/mol. The second-order valence-electron chi connectivity index (χ2n) is 5.04. The summed E-state index contributed by atoms with van der Waals surface area (Å²) < 4.78 is 5.72. The van der Waals surface area contributed by atoms with E-state index < -0.39 is 0 Å². The maximum atomic E-state index is 6.15. The number of rotatable bonds is 4. The fourth-order valence-corrected chi connectivity index (χ4v) is 3.54. The van der Waals surface area contributed by atoms with Gasteiger partial charge in [0, 0.05) is 16.3 Å². The lowest BCUT2D eigenvalue weighted by atomic mass is 10.0. The number of hydrogen-bond donors (Lipinski definition) is 0. The van der Waals surface area contributed by atoms with Crippen LogP contribution in [0.4, 0.5) is 0 Å². The topological polar surface area (TPSA) is 9.23 Å². The van der Waals surface area contributed by atoms with Crippen LogP contribution in [0.15, 0.2) is 12.1 Å². The van der Waals surface area contributed by atoms with Gasteiger partial charge in [0.25, 0.3) is 0 Å². The van der Waals surface area contributed by atoms with E-state index in [-0.39, 0.29) is 0 Å². The van der Waals surface area contributed by atoms with Crippen molar-refractivity contribution in [2.45, 2.75) is 36.9 Å². The zero-order valence-electron chi connectivity index (χ0n) is 9.72. The average molecular weight is 316 g/mol. The summed E-state index contributed by atoms with van der Waals surface area (Å²) in [7, 11) is 0. The first-order valence-electron chi connectivity index (χ1n) is 6.32. The Kier molecular flexibility index (Phi) is 3.36. The van der Waals surface area contributed by atoms with E-state index in [1.807, 2.05) is 6.07 Å².